The first-order valence-electron chi connectivity index (χ1n) is 7.99. The van der Waals surface area contributed by atoms with Gasteiger partial charge in [-0.25, -0.2) is 0 Å². The third kappa shape index (κ3) is 4.30. The first-order chi connectivity index (χ1) is 7.99. The van der Waals surface area contributed by atoms with Crippen LogP contribution in [0.5, 0.6) is 0 Å². The van der Waals surface area contributed by atoms with Gasteiger partial charge in [-0.1, -0.05) is 80.6 Å². The Kier molecular flexibility index (Phi) is 8.16. The average Bonchev–Trinajstić information content (AvgIpc) is 2.38. The zero-order valence-corrected chi connectivity index (χ0v) is 13.5. The maximum Gasteiger partial charge on any atom is -0.0275 e. The second kappa shape index (κ2) is 8.16. The highest BCUT2D eigenvalue weighted by molar-refractivity contribution is 4.86. The summed E-state index contributed by atoms with van der Waals surface area (Å²) in [5, 5.41) is 0. The Bertz CT molecular complexity index is 180. The maximum absolute atomic E-state index is 2.54. The van der Waals surface area contributed by atoms with Crippen molar-refractivity contribution in [2.75, 3.05) is 0 Å². The van der Waals surface area contributed by atoms with Crippen LogP contribution in [0.3, 0.4) is 0 Å². The van der Waals surface area contributed by atoms with Crippen LogP contribution >= 0.6 is 0 Å². The van der Waals surface area contributed by atoms with Crippen molar-refractivity contribution in [1.82, 2.24) is 0 Å². The lowest BCUT2D eigenvalue weighted by Crippen LogP contribution is -2.34. The molecule has 3 atom stereocenters. The number of hydrogen-bond donors (Lipinski definition) is 0. The van der Waals surface area contributed by atoms with Crippen LogP contribution in [0.1, 0.15) is 87.0 Å². The fourth-order valence-electron chi connectivity index (χ4n) is 3.43. The molecule has 0 saturated carbocycles. The minimum Gasteiger partial charge on any atom is -0.0651 e. The van der Waals surface area contributed by atoms with Gasteiger partial charge >= 0.3 is 0 Å². The highest BCUT2D eigenvalue weighted by Gasteiger charge is 2.36. The first kappa shape index (κ1) is 17.0. The molecule has 0 N–H and O–H groups in total. The van der Waals surface area contributed by atoms with Crippen molar-refractivity contribution in [2.24, 2.45) is 23.2 Å². The largest absolute Gasteiger partial charge is 0.0651 e. The van der Waals surface area contributed by atoms with E-state index in [1.807, 2.05) is 0 Å². The second-order valence-electron chi connectivity index (χ2n) is 6.19. The summed E-state index contributed by atoms with van der Waals surface area (Å²) in [6, 6.07) is 0. The molecule has 104 valence electrons. The molecule has 0 aromatic rings. The zero-order chi connectivity index (χ0) is 13.5. The molecule has 0 saturated heterocycles. The van der Waals surface area contributed by atoms with Crippen LogP contribution in [0.15, 0.2) is 0 Å². The molecule has 0 aromatic carbocycles. The fourth-order valence-corrected chi connectivity index (χ4v) is 3.43. The number of rotatable bonds is 9. The molecule has 0 amide bonds. The Morgan fingerprint density at radius 3 is 1.65 bits per heavy atom. The van der Waals surface area contributed by atoms with Gasteiger partial charge in [0.25, 0.3) is 0 Å². The van der Waals surface area contributed by atoms with Gasteiger partial charge in [-0.2, -0.15) is 0 Å². The summed E-state index contributed by atoms with van der Waals surface area (Å²) >= 11 is 0. The standard InChI is InChI=1S/C17H36/c1-8-14(6)17(7,12-5)16(11-4)13-15(9-2)10-3/h14-16H,8-13H2,1-7H3. The van der Waals surface area contributed by atoms with E-state index in [0.29, 0.717) is 5.41 Å². The molecule has 0 fully saturated rings. The molecular formula is C17H36. The molecule has 0 radical (unpaired) electrons. The van der Waals surface area contributed by atoms with Crippen molar-refractivity contribution >= 4 is 0 Å². The summed E-state index contributed by atoms with van der Waals surface area (Å²) in [7, 11) is 0. The van der Waals surface area contributed by atoms with Gasteiger partial charge in [0.1, 0.15) is 0 Å². The van der Waals surface area contributed by atoms with Crippen molar-refractivity contribution in [3.63, 3.8) is 0 Å². The molecule has 0 aliphatic heterocycles. The van der Waals surface area contributed by atoms with E-state index in [1.165, 1.54) is 38.5 Å². The van der Waals surface area contributed by atoms with E-state index in [9.17, 15) is 0 Å². The molecular weight excluding hydrogens is 204 g/mol. The lowest BCUT2D eigenvalue weighted by atomic mass is 9.62. The van der Waals surface area contributed by atoms with Crippen molar-refractivity contribution in [3.8, 4) is 0 Å². The van der Waals surface area contributed by atoms with Gasteiger partial charge in [-0.15, -0.1) is 0 Å². The van der Waals surface area contributed by atoms with Gasteiger partial charge in [-0.3, -0.25) is 0 Å². The predicted molar refractivity (Wildman–Crippen MR) is 80.3 cm³/mol. The normalized spacial score (nSPS) is 19.1. The van der Waals surface area contributed by atoms with Crippen LogP contribution in [-0.2, 0) is 0 Å². The molecule has 0 spiro atoms. The minimum atomic E-state index is 0.548. The maximum atomic E-state index is 2.54. The Morgan fingerprint density at radius 1 is 0.824 bits per heavy atom. The van der Waals surface area contributed by atoms with E-state index in [1.54, 1.807) is 0 Å². The van der Waals surface area contributed by atoms with Gasteiger partial charge in [-0.05, 0) is 29.6 Å². The van der Waals surface area contributed by atoms with Crippen molar-refractivity contribution in [3.05, 3.63) is 0 Å². The zero-order valence-electron chi connectivity index (χ0n) is 13.5. The van der Waals surface area contributed by atoms with Crippen molar-refractivity contribution in [1.29, 1.82) is 0 Å². The molecule has 3 unspecified atom stereocenters. The predicted octanol–water partition coefficient (Wildman–Crippen LogP) is 6.30. The van der Waals surface area contributed by atoms with E-state index in [2.05, 4.69) is 48.5 Å². The molecule has 0 heterocycles. The van der Waals surface area contributed by atoms with E-state index < -0.39 is 0 Å². The summed E-state index contributed by atoms with van der Waals surface area (Å²) in [6.45, 7) is 16.8. The van der Waals surface area contributed by atoms with Crippen LogP contribution in [0.25, 0.3) is 0 Å². The molecule has 0 bridgehead atoms. The summed E-state index contributed by atoms with van der Waals surface area (Å²) in [5.41, 5.74) is 0.548. The van der Waals surface area contributed by atoms with E-state index in [0.717, 1.165) is 17.8 Å². The van der Waals surface area contributed by atoms with Crippen LogP contribution < -0.4 is 0 Å². The number of hydrogen-bond acceptors (Lipinski definition) is 0. The molecule has 17 heavy (non-hydrogen) atoms. The fraction of sp³-hybridized carbons (Fsp3) is 1.00. The lowest BCUT2D eigenvalue weighted by Gasteiger charge is -2.43. The van der Waals surface area contributed by atoms with Crippen molar-refractivity contribution < 1.29 is 0 Å². The second-order valence-corrected chi connectivity index (χ2v) is 6.19. The smallest absolute Gasteiger partial charge is 0.0275 e. The Balaban J connectivity index is 4.79. The van der Waals surface area contributed by atoms with Gasteiger partial charge in [0.2, 0.25) is 0 Å². The van der Waals surface area contributed by atoms with Gasteiger partial charge in [0.05, 0.1) is 0 Å². The van der Waals surface area contributed by atoms with Gasteiger partial charge < -0.3 is 0 Å². The molecule has 0 rings (SSSR count). The van der Waals surface area contributed by atoms with E-state index >= 15 is 0 Å². The Morgan fingerprint density at radius 2 is 1.35 bits per heavy atom. The summed E-state index contributed by atoms with van der Waals surface area (Å²) < 4.78 is 0. The third-order valence-corrected chi connectivity index (χ3v) is 5.70. The van der Waals surface area contributed by atoms with Crippen molar-refractivity contribution in [2.45, 2.75) is 87.0 Å². The molecule has 0 aliphatic carbocycles. The SMILES string of the molecule is CCC(CC)CC(CC)C(C)(CC)C(C)CC. The molecule has 0 aliphatic rings. The first-order valence-corrected chi connectivity index (χ1v) is 7.99. The van der Waals surface area contributed by atoms with Crippen LogP contribution in [0.4, 0.5) is 0 Å². The topological polar surface area (TPSA) is 0 Å². The average molecular weight is 240 g/mol. The lowest BCUT2D eigenvalue weighted by molar-refractivity contribution is 0.0687. The molecule has 0 nitrogen and oxygen atoms in total. The molecule has 0 heteroatoms. The van der Waals surface area contributed by atoms with E-state index in [-0.39, 0.29) is 0 Å². The van der Waals surface area contributed by atoms with Crippen LogP contribution in [-0.4, -0.2) is 0 Å². The quantitative estimate of drug-likeness (QED) is 0.443. The van der Waals surface area contributed by atoms with E-state index in [4.69, 9.17) is 0 Å². The Labute approximate surface area is 111 Å². The molecule has 0 aromatic heterocycles. The van der Waals surface area contributed by atoms with Gasteiger partial charge in [0, 0.05) is 0 Å². The van der Waals surface area contributed by atoms with Crippen LogP contribution in [0.2, 0.25) is 0 Å². The summed E-state index contributed by atoms with van der Waals surface area (Å²) in [4.78, 5) is 0. The third-order valence-electron chi connectivity index (χ3n) is 5.70. The minimum absolute atomic E-state index is 0.548. The highest BCUT2D eigenvalue weighted by Crippen LogP contribution is 2.45. The van der Waals surface area contributed by atoms with Gasteiger partial charge in [0.15, 0.2) is 0 Å². The Hall–Kier alpha value is 0. The summed E-state index contributed by atoms with van der Waals surface area (Å²) in [5.74, 6) is 2.70. The summed E-state index contributed by atoms with van der Waals surface area (Å²) in [6.07, 6.45) is 8.16. The van der Waals surface area contributed by atoms with Crippen LogP contribution in [0, 0.1) is 23.2 Å². The monoisotopic (exact) mass is 240 g/mol. The highest BCUT2D eigenvalue weighted by atomic mass is 14.4.